The van der Waals surface area contributed by atoms with E-state index in [2.05, 4.69) is 10.1 Å². The lowest BCUT2D eigenvalue weighted by molar-refractivity contribution is 0.375. The highest BCUT2D eigenvalue weighted by Crippen LogP contribution is 2.35. The van der Waals surface area contributed by atoms with Crippen molar-refractivity contribution in [3.05, 3.63) is 16.8 Å². The van der Waals surface area contributed by atoms with Gasteiger partial charge < -0.3 is 10.5 Å². The number of thiazole rings is 1. The van der Waals surface area contributed by atoms with E-state index in [9.17, 15) is 0 Å². The van der Waals surface area contributed by atoms with Crippen molar-refractivity contribution in [2.24, 2.45) is 12.8 Å². The highest BCUT2D eigenvalue weighted by molar-refractivity contribution is 7.13. The van der Waals surface area contributed by atoms with Crippen LogP contribution in [-0.4, -0.2) is 21.9 Å². The molecule has 0 bridgehead atoms. The quantitative estimate of drug-likeness (QED) is 0.905. The van der Waals surface area contributed by atoms with Crippen LogP contribution in [0.4, 0.5) is 0 Å². The zero-order valence-electron chi connectivity index (χ0n) is 10.4. The van der Waals surface area contributed by atoms with E-state index in [4.69, 9.17) is 10.5 Å². The first kappa shape index (κ1) is 12.1. The molecule has 1 unspecified atom stereocenters. The van der Waals surface area contributed by atoms with Crippen LogP contribution in [0.15, 0.2) is 5.38 Å². The van der Waals surface area contributed by atoms with Gasteiger partial charge in [0.1, 0.15) is 5.01 Å². The molecule has 0 aliphatic rings. The Balaban J connectivity index is 2.52. The zero-order chi connectivity index (χ0) is 12.6. The minimum absolute atomic E-state index is 0.0528. The van der Waals surface area contributed by atoms with Gasteiger partial charge in [-0.1, -0.05) is 0 Å². The fraction of sp³-hybridized carbons (Fsp3) is 0.455. The molecule has 17 heavy (non-hydrogen) atoms. The van der Waals surface area contributed by atoms with Crippen molar-refractivity contribution < 1.29 is 4.74 Å². The largest absolute Gasteiger partial charge is 0.481 e. The van der Waals surface area contributed by atoms with Crippen LogP contribution in [0.5, 0.6) is 5.88 Å². The summed E-state index contributed by atoms with van der Waals surface area (Å²) in [5.74, 6) is 0.730. The van der Waals surface area contributed by atoms with Gasteiger partial charge in [-0.25, -0.2) is 9.67 Å². The van der Waals surface area contributed by atoms with Gasteiger partial charge in [0, 0.05) is 18.5 Å². The topological polar surface area (TPSA) is 66.0 Å². The second-order valence-corrected chi connectivity index (χ2v) is 4.82. The predicted molar refractivity (Wildman–Crippen MR) is 68.2 cm³/mol. The number of methoxy groups -OCH3 is 1. The van der Waals surface area contributed by atoms with Gasteiger partial charge in [0.2, 0.25) is 5.88 Å². The normalized spacial score (nSPS) is 12.8. The van der Waals surface area contributed by atoms with E-state index in [1.807, 2.05) is 26.3 Å². The van der Waals surface area contributed by atoms with Crippen molar-refractivity contribution in [1.29, 1.82) is 0 Å². The summed E-state index contributed by atoms with van der Waals surface area (Å²) < 4.78 is 7.08. The molecule has 2 N–H and O–H groups in total. The molecule has 2 heterocycles. The first-order chi connectivity index (χ1) is 8.04. The molecular weight excluding hydrogens is 236 g/mol. The first-order valence-electron chi connectivity index (χ1n) is 5.33. The summed E-state index contributed by atoms with van der Waals surface area (Å²) in [5.41, 5.74) is 8.57. The van der Waals surface area contributed by atoms with E-state index in [1.165, 1.54) is 0 Å². The van der Waals surface area contributed by atoms with Gasteiger partial charge in [-0.05, 0) is 13.8 Å². The lowest BCUT2D eigenvalue weighted by Crippen LogP contribution is -2.04. The molecule has 0 aromatic carbocycles. The molecular formula is C11H16N4OS. The number of nitrogens with two attached hydrogens (primary N) is 1. The van der Waals surface area contributed by atoms with Crippen molar-refractivity contribution >= 4 is 11.3 Å². The number of aromatic nitrogens is 3. The molecule has 2 aromatic heterocycles. The molecule has 5 nitrogen and oxygen atoms in total. The maximum absolute atomic E-state index is 5.81. The second kappa shape index (κ2) is 4.46. The molecule has 0 spiro atoms. The fourth-order valence-corrected chi connectivity index (χ4v) is 2.74. The Morgan fingerprint density at radius 2 is 2.24 bits per heavy atom. The summed E-state index contributed by atoms with van der Waals surface area (Å²) >= 11 is 1.56. The lowest BCUT2D eigenvalue weighted by Gasteiger charge is -2.02. The highest BCUT2D eigenvalue weighted by Gasteiger charge is 2.19. The van der Waals surface area contributed by atoms with Gasteiger partial charge in [-0.2, -0.15) is 5.10 Å². The van der Waals surface area contributed by atoms with E-state index in [1.54, 1.807) is 23.1 Å². The second-order valence-electron chi connectivity index (χ2n) is 3.96. The van der Waals surface area contributed by atoms with Gasteiger partial charge in [-0.3, -0.25) is 0 Å². The Labute approximate surface area is 104 Å². The lowest BCUT2D eigenvalue weighted by atomic mass is 10.2. The number of hydrogen-bond acceptors (Lipinski definition) is 5. The summed E-state index contributed by atoms with van der Waals surface area (Å²) in [6.45, 7) is 3.87. The Morgan fingerprint density at radius 3 is 2.76 bits per heavy atom. The fourth-order valence-electron chi connectivity index (χ4n) is 1.73. The van der Waals surface area contributed by atoms with E-state index in [-0.39, 0.29) is 6.04 Å². The van der Waals surface area contributed by atoms with E-state index < -0.39 is 0 Å². The maximum atomic E-state index is 5.81. The molecule has 0 saturated carbocycles. The molecule has 0 fully saturated rings. The monoisotopic (exact) mass is 252 g/mol. The third kappa shape index (κ3) is 2.05. The summed E-state index contributed by atoms with van der Waals surface area (Å²) in [7, 11) is 3.50. The molecule has 92 valence electrons. The van der Waals surface area contributed by atoms with Crippen molar-refractivity contribution in [3.63, 3.8) is 0 Å². The summed E-state index contributed by atoms with van der Waals surface area (Å²) in [6.07, 6.45) is 0. The van der Waals surface area contributed by atoms with Crippen molar-refractivity contribution in [2.45, 2.75) is 19.9 Å². The minimum atomic E-state index is -0.0528. The van der Waals surface area contributed by atoms with Crippen LogP contribution in [0, 0.1) is 6.92 Å². The third-order valence-corrected chi connectivity index (χ3v) is 3.44. The number of ether oxygens (including phenoxy) is 1. The molecule has 0 saturated heterocycles. The summed E-state index contributed by atoms with van der Waals surface area (Å²) in [5, 5.41) is 7.22. The van der Waals surface area contributed by atoms with Crippen molar-refractivity contribution in [1.82, 2.24) is 14.8 Å². The van der Waals surface area contributed by atoms with E-state index in [0.717, 1.165) is 27.8 Å². The van der Waals surface area contributed by atoms with E-state index >= 15 is 0 Å². The number of nitrogens with zero attached hydrogens (tertiary/aromatic N) is 3. The van der Waals surface area contributed by atoms with Crippen LogP contribution >= 0.6 is 11.3 Å². The van der Waals surface area contributed by atoms with Crippen molar-refractivity contribution in [2.75, 3.05) is 7.11 Å². The van der Waals surface area contributed by atoms with Crippen LogP contribution in [0.2, 0.25) is 0 Å². The Kier molecular flexibility index (Phi) is 3.17. The van der Waals surface area contributed by atoms with Crippen LogP contribution in [-0.2, 0) is 7.05 Å². The molecule has 6 heteroatoms. The number of aryl methyl sites for hydroxylation is 2. The highest BCUT2D eigenvalue weighted by atomic mass is 32.1. The number of rotatable bonds is 3. The van der Waals surface area contributed by atoms with Crippen LogP contribution in [0.3, 0.4) is 0 Å². The Hall–Kier alpha value is -1.40. The third-order valence-electron chi connectivity index (χ3n) is 2.57. The molecule has 0 aliphatic heterocycles. The Bertz CT molecular complexity index is 530. The van der Waals surface area contributed by atoms with Gasteiger partial charge in [0.25, 0.3) is 0 Å². The van der Waals surface area contributed by atoms with Gasteiger partial charge >= 0.3 is 0 Å². The SMILES string of the molecule is COc1c(-c2nc(C(C)N)cs2)c(C)nn1C. The minimum Gasteiger partial charge on any atom is -0.481 e. The molecule has 0 amide bonds. The van der Waals surface area contributed by atoms with Gasteiger partial charge in [-0.15, -0.1) is 11.3 Å². The molecule has 1 atom stereocenters. The average molecular weight is 252 g/mol. The summed E-state index contributed by atoms with van der Waals surface area (Å²) in [4.78, 5) is 4.52. The summed E-state index contributed by atoms with van der Waals surface area (Å²) in [6, 6.07) is -0.0528. The Morgan fingerprint density at radius 1 is 1.53 bits per heavy atom. The van der Waals surface area contributed by atoms with Crippen LogP contribution in [0.1, 0.15) is 24.4 Å². The van der Waals surface area contributed by atoms with E-state index in [0.29, 0.717) is 0 Å². The molecule has 0 aliphatic carbocycles. The van der Waals surface area contributed by atoms with Crippen molar-refractivity contribution in [3.8, 4) is 16.5 Å². The van der Waals surface area contributed by atoms with Crippen LogP contribution in [0.25, 0.3) is 10.6 Å². The smallest absolute Gasteiger partial charge is 0.222 e. The predicted octanol–water partition coefficient (Wildman–Crippen LogP) is 1.88. The standard InChI is InChI=1S/C11H16N4OS/c1-6(12)8-5-17-10(13-8)9-7(2)14-15(3)11(9)16-4/h5-6H,12H2,1-4H3. The van der Waals surface area contributed by atoms with Crippen LogP contribution < -0.4 is 10.5 Å². The average Bonchev–Trinajstić information content (AvgIpc) is 2.82. The molecule has 0 radical (unpaired) electrons. The maximum Gasteiger partial charge on any atom is 0.222 e. The molecule has 2 rings (SSSR count). The number of hydrogen-bond donors (Lipinski definition) is 1. The molecule has 2 aromatic rings. The first-order valence-corrected chi connectivity index (χ1v) is 6.21. The zero-order valence-corrected chi connectivity index (χ0v) is 11.2. The van der Waals surface area contributed by atoms with Gasteiger partial charge in [0.15, 0.2) is 0 Å². The van der Waals surface area contributed by atoms with Gasteiger partial charge in [0.05, 0.1) is 24.1 Å².